The zero-order valence-corrected chi connectivity index (χ0v) is 14.9. The first-order chi connectivity index (χ1) is 13.0. The van der Waals surface area contributed by atoms with Crippen molar-refractivity contribution in [2.45, 2.75) is 6.42 Å². The van der Waals surface area contributed by atoms with E-state index in [4.69, 9.17) is 4.74 Å². The molecule has 0 spiro atoms. The van der Waals surface area contributed by atoms with Crippen molar-refractivity contribution in [1.82, 2.24) is 14.1 Å². The van der Waals surface area contributed by atoms with Gasteiger partial charge in [-0.15, -0.1) is 0 Å². The minimum atomic E-state index is -0.452. The van der Waals surface area contributed by atoms with Gasteiger partial charge in [-0.2, -0.15) is 0 Å². The second kappa shape index (κ2) is 6.39. The van der Waals surface area contributed by atoms with E-state index in [1.165, 1.54) is 17.8 Å². The van der Waals surface area contributed by atoms with E-state index in [0.717, 1.165) is 15.9 Å². The van der Waals surface area contributed by atoms with Gasteiger partial charge in [-0.1, -0.05) is 18.2 Å². The van der Waals surface area contributed by atoms with Crippen LogP contribution in [0.5, 0.6) is 5.75 Å². The molecule has 3 heterocycles. The monoisotopic (exact) mass is 366 g/mol. The minimum absolute atomic E-state index is 0.202. The number of nitrogens with zero attached hydrogens (tertiary/aromatic N) is 3. The largest absolute Gasteiger partial charge is 0.492 e. The third kappa shape index (κ3) is 2.88. The smallest absolute Gasteiger partial charge is 0.332 e. The molecule has 8 nitrogen and oxygen atoms in total. The molecule has 3 aromatic rings. The van der Waals surface area contributed by atoms with Gasteiger partial charge < -0.3 is 10.1 Å². The molecule has 0 bridgehead atoms. The van der Waals surface area contributed by atoms with E-state index in [1.54, 1.807) is 13.1 Å². The number of anilines is 1. The van der Waals surface area contributed by atoms with Crippen LogP contribution in [0.2, 0.25) is 0 Å². The number of hydrogen-bond donors (Lipinski definition) is 1. The number of amides is 1. The van der Waals surface area contributed by atoms with Crippen LogP contribution < -0.4 is 21.3 Å². The number of carbonyl (C=O) groups is 1. The number of para-hydroxylation sites is 1. The Hall–Kier alpha value is -3.42. The van der Waals surface area contributed by atoms with E-state index in [0.29, 0.717) is 18.7 Å². The molecule has 0 saturated carbocycles. The van der Waals surface area contributed by atoms with Crippen molar-refractivity contribution < 1.29 is 9.53 Å². The lowest BCUT2D eigenvalue weighted by Gasteiger charge is -2.24. The van der Waals surface area contributed by atoms with Gasteiger partial charge >= 0.3 is 5.69 Å². The molecule has 0 saturated heterocycles. The first-order valence-electron chi connectivity index (χ1n) is 8.53. The summed E-state index contributed by atoms with van der Waals surface area (Å²) < 4.78 is 7.98. The number of aryl methyl sites for hydroxylation is 1. The van der Waals surface area contributed by atoms with Crippen molar-refractivity contribution in [3.05, 3.63) is 62.9 Å². The Labute approximate surface area is 154 Å². The summed E-state index contributed by atoms with van der Waals surface area (Å²) in [6.07, 6.45) is 2.02. The van der Waals surface area contributed by atoms with Crippen molar-refractivity contribution in [1.29, 1.82) is 0 Å². The van der Waals surface area contributed by atoms with Gasteiger partial charge in [-0.25, -0.2) is 9.78 Å². The van der Waals surface area contributed by atoms with Gasteiger partial charge in [-0.3, -0.25) is 18.7 Å². The molecule has 0 radical (unpaired) electrons. The Bertz CT molecular complexity index is 1180. The Morgan fingerprint density at radius 3 is 2.81 bits per heavy atom. The average Bonchev–Trinajstić information content (AvgIpc) is 2.70. The highest BCUT2D eigenvalue weighted by atomic mass is 16.5. The maximum Gasteiger partial charge on any atom is 0.332 e. The standard InChI is InChI=1S/C19H18N4O4/c1-22-16-14(18(25)23(2)19(22)26)8-13(9-20-16)21-17(24)12-7-11-5-3-4-6-15(11)27-10-12/h3-6,8-9,12H,7,10H2,1-2H3,(H,21,24). The quantitative estimate of drug-likeness (QED) is 0.725. The molecule has 0 fully saturated rings. The van der Waals surface area contributed by atoms with Crippen molar-refractivity contribution in [3.63, 3.8) is 0 Å². The van der Waals surface area contributed by atoms with Crippen LogP contribution in [0.25, 0.3) is 11.0 Å². The molecule has 138 valence electrons. The third-order valence-electron chi connectivity index (χ3n) is 4.81. The van der Waals surface area contributed by atoms with Gasteiger partial charge in [0.2, 0.25) is 5.91 Å². The summed E-state index contributed by atoms with van der Waals surface area (Å²) in [4.78, 5) is 41.1. The van der Waals surface area contributed by atoms with Gasteiger partial charge in [0.15, 0.2) is 0 Å². The van der Waals surface area contributed by atoms with Gasteiger partial charge in [0.05, 0.1) is 23.2 Å². The van der Waals surface area contributed by atoms with Gasteiger partial charge in [0.25, 0.3) is 5.56 Å². The Balaban J connectivity index is 1.62. The number of nitrogens with one attached hydrogen (secondary N) is 1. The van der Waals surface area contributed by atoms with Crippen LogP contribution in [0.4, 0.5) is 5.69 Å². The van der Waals surface area contributed by atoms with Gasteiger partial charge in [-0.05, 0) is 24.1 Å². The molecular weight excluding hydrogens is 348 g/mol. The summed E-state index contributed by atoms with van der Waals surface area (Å²) in [6, 6.07) is 9.18. The maximum absolute atomic E-state index is 12.6. The van der Waals surface area contributed by atoms with Crippen LogP contribution in [-0.2, 0) is 25.3 Å². The average molecular weight is 366 g/mol. The number of fused-ring (bicyclic) bond motifs is 2. The number of hydrogen-bond acceptors (Lipinski definition) is 5. The van der Waals surface area contributed by atoms with Crippen LogP contribution in [0.15, 0.2) is 46.1 Å². The summed E-state index contributed by atoms with van der Waals surface area (Å²) in [7, 11) is 2.96. The van der Waals surface area contributed by atoms with Crippen LogP contribution in [0.1, 0.15) is 5.56 Å². The number of aromatic nitrogens is 3. The van der Waals surface area contributed by atoms with E-state index in [2.05, 4.69) is 10.3 Å². The third-order valence-corrected chi connectivity index (χ3v) is 4.81. The second-order valence-electron chi connectivity index (χ2n) is 6.61. The molecule has 4 rings (SSSR count). The molecule has 27 heavy (non-hydrogen) atoms. The summed E-state index contributed by atoms with van der Waals surface area (Å²) in [6.45, 7) is 0.292. The van der Waals surface area contributed by atoms with E-state index < -0.39 is 11.2 Å². The van der Waals surface area contributed by atoms with E-state index in [9.17, 15) is 14.4 Å². The zero-order chi connectivity index (χ0) is 19.1. The van der Waals surface area contributed by atoms with Crippen molar-refractivity contribution in [2.75, 3.05) is 11.9 Å². The second-order valence-corrected chi connectivity index (χ2v) is 6.61. The molecule has 1 aliphatic heterocycles. The van der Waals surface area contributed by atoms with Crippen molar-refractivity contribution >= 4 is 22.6 Å². The van der Waals surface area contributed by atoms with Crippen LogP contribution in [-0.4, -0.2) is 26.6 Å². The molecule has 1 aliphatic rings. The molecule has 1 aromatic carbocycles. The first kappa shape index (κ1) is 17.0. The molecule has 1 atom stereocenters. The molecule has 1 unspecified atom stereocenters. The highest BCUT2D eigenvalue weighted by Crippen LogP contribution is 2.27. The van der Waals surface area contributed by atoms with Crippen LogP contribution >= 0.6 is 0 Å². The lowest BCUT2D eigenvalue weighted by molar-refractivity contribution is -0.121. The number of rotatable bonds is 2. The van der Waals surface area contributed by atoms with Crippen LogP contribution in [0, 0.1) is 5.92 Å². The molecule has 1 N–H and O–H groups in total. The van der Waals surface area contributed by atoms with Crippen molar-refractivity contribution in [3.8, 4) is 5.75 Å². The predicted molar refractivity (Wildman–Crippen MR) is 100.0 cm³/mol. The summed E-state index contributed by atoms with van der Waals surface area (Å²) >= 11 is 0. The topological polar surface area (TPSA) is 95.2 Å². The molecule has 2 aromatic heterocycles. The lowest BCUT2D eigenvalue weighted by atomic mass is 9.96. The van der Waals surface area contributed by atoms with Crippen molar-refractivity contribution in [2.24, 2.45) is 20.0 Å². The summed E-state index contributed by atoms with van der Waals surface area (Å²) in [5, 5.41) is 3.06. The molecule has 8 heteroatoms. The highest BCUT2D eigenvalue weighted by molar-refractivity contribution is 5.94. The predicted octanol–water partition coefficient (Wildman–Crippen LogP) is 0.822. The van der Waals surface area contributed by atoms with E-state index >= 15 is 0 Å². The minimum Gasteiger partial charge on any atom is -0.492 e. The maximum atomic E-state index is 12.6. The fourth-order valence-electron chi connectivity index (χ4n) is 3.27. The lowest BCUT2D eigenvalue weighted by Crippen LogP contribution is -2.37. The van der Waals surface area contributed by atoms with Crippen LogP contribution in [0.3, 0.4) is 0 Å². The van der Waals surface area contributed by atoms with Gasteiger partial charge in [0, 0.05) is 14.1 Å². The van der Waals surface area contributed by atoms with E-state index in [1.807, 2.05) is 24.3 Å². The molecule has 0 aliphatic carbocycles. The number of ether oxygens (including phenoxy) is 1. The molecule has 1 amide bonds. The normalized spacial score (nSPS) is 15.9. The zero-order valence-electron chi connectivity index (χ0n) is 14.9. The fourth-order valence-corrected chi connectivity index (χ4v) is 3.27. The summed E-state index contributed by atoms with van der Waals surface area (Å²) in [5.41, 5.74) is 0.768. The molecular formula is C19H18N4O4. The fraction of sp³-hybridized carbons (Fsp3) is 0.263. The number of benzene rings is 1. The Kier molecular flexibility index (Phi) is 4.02. The Morgan fingerprint density at radius 2 is 2.00 bits per heavy atom. The SMILES string of the molecule is Cn1c(=O)c2cc(NC(=O)C3COc4ccccc4C3)cnc2n(C)c1=O. The highest BCUT2D eigenvalue weighted by Gasteiger charge is 2.26. The Morgan fingerprint density at radius 1 is 1.22 bits per heavy atom. The number of carbonyl (C=O) groups excluding carboxylic acids is 1. The summed E-state index contributed by atoms with van der Waals surface area (Å²) in [5.74, 6) is 0.268. The van der Waals surface area contributed by atoms with E-state index in [-0.39, 0.29) is 22.9 Å². The number of pyridine rings is 1. The van der Waals surface area contributed by atoms with Gasteiger partial charge in [0.1, 0.15) is 18.0 Å². The first-order valence-corrected chi connectivity index (χ1v) is 8.53.